The average Bonchev–Trinajstić information content (AvgIpc) is 3.47. The standard InChI is InChI=1S/C32H40F3N3O6/c1-17-22(16-39)38-15-23(17)43-27-24(25(33)20-11-10-19(42-6)13-21(20)36-27)32(34,35)12-8-7-9-18-14-31(18,5)44-29(41)37-26(28(38)40)30(2,3)4/h10-11,13,16-18,22-23,26H,7-9,12,14-15H2,1-6H3,(H,37,41)/t17-,18+,22+,23-,26+,31+/m0/s1. The second-order valence-corrected chi connectivity index (χ2v) is 13.6. The highest BCUT2D eigenvalue weighted by molar-refractivity contribution is 5.89. The molecule has 12 heteroatoms. The molecule has 2 aromatic rings. The van der Waals surface area contributed by atoms with Gasteiger partial charge < -0.3 is 29.2 Å². The van der Waals surface area contributed by atoms with Crippen molar-refractivity contribution in [3.63, 3.8) is 0 Å². The Bertz CT molecular complexity index is 1460. The number of aldehydes is 1. The van der Waals surface area contributed by atoms with E-state index in [1.807, 2.05) is 0 Å². The Kier molecular flexibility index (Phi) is 8.26. The summed E-state index contributed by atoms with van der Waals surface area (Å²) in [5.41, 5.74) is -2.44. The van der Waals surface area contributed by atoms with Crippen molar-refractivity contribution in [1.29, 1.82) is 0 Å². The lowest BCUT2D eigenvalue weighted by molar-refractivity contribution is -0.139. The van der Waals surface area contributed by atoms with Gasteiger partial charge in [0, 0.05) is 29.7 Å². The maximum atomic E-state index is 16.0. The average molecular weight is 620 g/mol. The van der Waals surface area contributed by atoms with Crippen molar-refractivity contribution in [2.24, 2.45) is 17.3 Å². The minimum Gasteiger partial charge on any atom is -0.497 e. The summed E-state index contributed by atoms with van der Waals surface area (Å²) >= 11 is 0. The number of hydrogen-bond donors (Lipinski definition) is 1. The molecule has 44 heavy (non-hydrogen) atoms. The smallest absolute Gasteiger partial charge is 0.408 e. The summed E-state index contributed by atoms with van der Waals surface area (Å²) in [5.74, 6) is -6.24. The summed E-state index contributed by atoms with van der Waals surface area (Å²) in [7, 11) is 1.42. The van der Waals surface area contributed by atoms with Crippen LogP contribution in [0.15, 0.2) is 18.2 Å². The molecule has 3 heterocycles. The summed E-state index contributed by atoms with van der Waals surface area (Å²) in [5, 5.41) is 2.61. The maximum absolute atomic E-state index is 16.0. The summed E-state index contributed by atoms with van der Waals surface area (Å²) < 4.78 is 64.9. The Morgan fingerprint density at radius 1 is 1.20 bits per heavy atom. The van der Waals surface area contributed by atoms with E-state index in [0.29, 0.717) is 31.3 Å². The van der Waals surface area contributed by atoms with Crippen LogP contribution in [-0.4, -0.2) is 65.6 Å². The number of benzene rings is 1. The number of rotatable bonds is 2. The number of ether oxygens (including phenoxy) is 3. The fraction of sp³-hybridized carbons (Fsp3) is 0.625. The molecule has 5 rings (SSSR count). The molecule has 1 N–H and O–H groups in total. The zero-order chi connectivity index (χ0) is 32.2. The Balaban J connectivity index is 1.59. The molecular weight excluding hydrogens is 579 g/mol. The van der Waals surface area contributed by atoms with Crippen LogP contribution in [0.3, 0.4) is 0 Å². The van der Waals surface area contributed by atoms with Crippen LogP contribution in [0.2, 0.25) is 0 Å². The summed E-state index contributed by atoms with van der Waals surface area (Å²) in [6, 6.07) is 2.19. The topological polar surface area (TPSA) is 107 Å². The van der Waals surface area contributed by atoms with Gasteiger partial charge in [0.05, 0.1) is 25.2 Å². The van der Waals surface area contributed by atoms with Crippen LogP contribution in [0, 0.1) is 23.1 Å². The molecule has 2 fully saturated rings. The monoisotopic (exact) mass is 619 g/mol. The molecule has 0 spiro atoms. The van der Waals surface area contributed by atoms with Crippen LogP contribution < -0.4 is 14.8 Å². The molecule has 1 saturated carbocycles. The highest BCUT2D eigenvalue weighted by atomic mass is 19.3. The molecule has 3 aliphatic rings. The van der Waals surface area contributed by atoms with Gasteiger partial charge in [-0.05, 0) is 43.7 Å². The predicted molar refractivity (Wildman–Crippen MR) is 155 cm³/mol. The number of pyridine rings is 1. The molecule has 2 amide bonds. The number of carbonyl (C=O) groups is 3. The highest BCUT2D eigenvalue weighted by Gasteiger charge is 2.54. The number of halogens is 3. The first kappa shape index (κ1) is 31.8. The van der Waals surface area contributed by atoms with Gasteiger partial charge in [-0.15, -0.1) is 0 Å². The van der Waals surface area contributed by atoms with Crippen molar-refractivity contribution >= 4 is 29.2 Å². The SMILES string of the molecule is COc1ccc2c(F)c3c(nc2c1)O[C@H]1CN(C(=O)[C@H](C(C)(C)C)NC(=O)O[C@]2(C)C[C@H]2CCCCC3(F)F)[C@H](C=O)[C@@H]1C. The van der Waals surface area contributed by atoms with Gasteiger partial charge in [0.15, 0.2) is 0 Å². The van der Waals surface area contributed by atoms with Gasteiger partial charge in [-0.2, -0.15) is 0 Å². The normalized spacial score (nSPS) is 31.0. The van der Waals surface area contributed by atoms with Crippen molar-refractivity contribution in [3.05, 3.63) is 29.6 Å². The zero-order valence-electron chi connectivity index (χ0n) is 25.9. The summed E-state index contributed by atoms with van der Waals surface area (Å²) in [6.45, 7) is 8.59. The lowest BCUT2D eigenvalue weighted by Crippen LogP contribution is -2.56. The van der Waals surface area contributed by atoms with Gasteiger partial charge in [0.2, 0.25) is 11.8 Å². The van der Waals surface area contributed by atoms with Crippen molar-refractivity contribution in [1.82, 2.24) is 15.2 Å². The molecule has 2 bridgehead atoms. The lowest BCUT2D eigenvalue weighted by atomic mass is 9.85. The van der Waals surface area contributed by atoms with E-state index in [-0.39, 0.29) is 29.8 Å². The highest BCUT2D eigenvalue weighted by Crippen LogP contribution is 2.50. The second-order valence-electron chi connectivity index (χ2n) is 13.6. The largest absolute Gasteiger partial charge is 0.497 e. The van der Waals surface area contributed by atoms with Crippen LogP contribution in [-0.2, 0) is 20.2 Å². The number of alkyl halides is 2. The van der Waals surface area contributed by atoms with Crippen LogP contribution in [0.4, 0.5) is 18.0 Å². The maximum Gasteiger partial charge on any atom is 0.408 e. The van der Waals surface area contributed by atoms with Crippen LogP contribution >= 0.6 is 0 Å². The first-order chi connectivity index (χ1) is 20.6. The Labute approximate surface area is 254 Å². The lowest BCUT2D eigenvalue weighted by Gasteiger charge is -2.35. The van der Waals surface area contributed by atoms with E-state index in [4.69, 9.17) is 14.2 Å². The number of hydrogen-bond acceptors (Lipinski definition) is 7. The van der Waals surface area contributed by atoms with E-state index in [9.17, 15) is 14.4 Å². The van der Waals surface area contributed by atoms with Gasteiger partial charge >= 0.3 is 6.09 Å². The number of carbonyl (C=O) groups excluding carboxylic acids is 3. The molecule has 1 saturated heterocycles. The Morgan fingerprint density at radius 3 is 2.59 bits per heavy atom. The number of fused-ring (bicyclic) bond motifs is 5. The molecule has 240 valence electrons. The fourth-order valence-corrected chi connectivity index (χ4v) is 6.42. The molecular formula is C32H40F3N3O6. The number of aromatic nitrogens is 1. The van der Waals surface area contributed by atoms with Gasteiger partial charge in [0.1, 0.15) is 41.2 Å². The molecule has 6 atom stereocenters. The number of nitrogens with one attached hydrogen (secondary N) is 1. The van der Waals surface area contributed by atoms with E-state index < -0.39 is 76.7 Å². The number of methoxy groups -OCH3 is 1. The third kappa shape index (κ3) is 5.91. The van der Waals surface area contributed by atoms with Gasteiger partial charge in [-0.25, -0.2) is 22.9 Å². The van der Waals surface area contributed by atoms with E-state index in [0.717, 1.165) is 0 Å². The molecule has 1 aromatic heterocycles. The Morgan fingerprint density at radius 2 is 1.93 bits per heavy atom. The van der Waals surface area contributed by atoms with Gasteiger partial charge in [-0.1, -0.05) is 34.1 Å². The van der Waals surface area contributed by atoms with Crippen molar-refractivity contribution in [2.45, 2.75) is 96.4 Å². The number of amides is 2. The number of nitrogens with zero attached hydrogens (tertiary/aromatic N) is 2. The minimum absolute atomic E-state index is 0.0304. The van der Waals surface area contributed by atoms with Crippen molar-refractivity contribution < 1.29 is 41.8 Å². The van der Waals surface area contributed by atoms with Crippen LogP contribution in [0.25, 0.3) is 10.9 Å². The van der Waals surface area contributed by atoms with E-state index in [2.05, 4.69) is 10.3 Å². The molecule has 9 nitrogen and oxygen atoms in total. The first-order valence-electron chi connectivity index (χ1n) is 15.1. The van der Waals surface area contributed by atoms with Crippen LogP contribution in [0.5, 0.6) is 11.6 Å². The summed E-state index contributed by atoms with van der Waals surface area (Å²) in [6.07, 6.45) is -0.181. The van der Waals surface area contributed by atoms with E-state index >= 15 is 13.2 Å². The first-order valence-corrected chi connectivity index (χ1v) is 15.1. The third-order valence-electron chi connectivity index (χ3n) is 9.36. The predicted octanol–water partition coefficient (Wildman–Crippen LogP) is 5.76. The van der Waals surface area contributed by atoms with Crippen molar-refractivity contribution in [2.75, 3.05) is 13.7 Å². The minimum atomic E-state index is -3.63. The zero-order valence-corrected chi connectivity index (χ0v) is 25.9. The van der Waals surface area contributed by atoms with E-state index in [1.165, 1.54) is 30.2 Å². The molecule has 0 radical (unpaired) electrons. The number of alkyl carbamates (subject to hydrolysis) is 1. The fourth-order valence-electron chi connectivity index (χ4n) is 6.42. The molecule has 1 aromatic carbocycles. The quantitative estimate of drug-likeness (QED) is 0.426. The van der Waals surface area contributed by atoms with Crippen LogP contribution in [0.1, 0.15) is 72.3 Å². The van der Waals surface area contributed by atoms with Crippen molar-refractivity contribution in [3.8, 4) is 11.6 Å². The molecule has 2 aliphatic heterocycles. The Hall–Kier alpha value is -3.57. The molecule has 0 unspecified atom stereocenters. The second kappa shape index (κ2) is 11.4. The summed E-state index contributed by atoms with van der Waals surface area (Å²) in [4.78, 5) is 44.9. The third-order valence-corrected chi connectivity index (χ3v) is 9.36. The van der Waals surface area contributed by atoms with E-state index in [1.54, 1.807) is 34.6 Å². The van der Waals surface area contributed by atoms with Gasteiger partial charge in [0.25, 0.3) is 5.92 Å². The molecule has 1 aliphatic carbocycles. The van der Waals surface area contributed by atoms with Gasteiger partial charge in [-0.3, -0.25) is 4.79 Å².